The van der Waals surface area contributed by atoms with Gasteiger partial charge in [-0.25, -0.2) is 15.0 Å². The van der Waals surface area contributed by atoms with Gasteiger partial charge in [-0.3, -0.25) is 15.1 Å². The van der Waals surface area contributed by atoms with Gasteiger partial charge >= 0.3 is 0 Å². The van der Waals surface area contributed by atoms with Gasteiger partial charge < -0.3 is 30.9 Å². The van der Waals surface area contributed by atoms with Crippen LogP contribution in [-0.2, 0) is 9.53 Å². The minimum atomic E-state index is -2.30. The van der Waals surface area contributed by atoms with Crippen molar-refractivity contribution in [2.45, 2.75) is 74.8 Å². The van der Waals surface area contributed by atoms with E-state index in [1.807, 2.05) is 43.3 Å². The Hall–Kier alpha value is -3.94. The van der Waals surface area contributed by atoms with Gasteiger partial charge in [0.05, 0.1) is 6.33 Å². The molecule has 1 aliphatic heterocycles. The molecule has 1 saturated carbocycles. The van der Waals surface area contributed by atoms with Crippen LogP contribution in [0.25, 0.3) is 11.2 Å². The Morgan fingerprint density at radius 1 is 1.09 bits per heavy atom. The number of hydrogen-bond acceptors (Lipinski definition) is 10. The number of nitrogens with one attached hydrogen (secondary N) is 1. The summed E-state index contributed by atoms with van der Waals surface area (Å²) in [6.07, 6.45) is 1.97. The molecule has 1 aliphatic carbocycles. The zero-order chi connectivity index (χ0) is 30.8. The second kappa shape index (κ2) is 12.6. The summed E-state index contributed by atoms with van der Waals surface area (Å²) in [5.74, 6) is 0.0706. The van der Waals surface area contributed by atoms with Gasteiger partial charge in [-0.1, -0.05) is 73.5 Å². The summed E-state index contributed by atoms with van der Waals surface area (Å²) in [5, 5.41) is 25.8. The lowest BCUT2D eigenvalue weighted by atomic mass is 9.89. The van der Waals surface area contributed by atoms with Crippen LogP contribution >= 0.6 is 0 Å². The molecule has 6 rings (SSSR count). The first kappa shape index (κ1) is 30.1. The third-order valence-electron chi connectivity index (χ3n) is 8.97. The van der Waals surface area contributed by atoms with E-state index in [9.17, 15) is 15.0 Å². The van der Waals surface area contributed by atoms with E-state index in [0.29, 0.717) is 30.1 Å². The van der Waals surface area contributed by atoms with Crippen molar-refractivity contribution in [3.05, 3.63) is 84.4 Å². The van der Waals surface area contributed by atoms with Gasteiger partial charge in [0.15, 0.2) is 35.0 Å². The third kappa shape index (κ3) is 5.55. The first-order valence-electron chi connectivity index (χ1n) is 15.2. The standard InChI is InChI=1S/C32H40N8O4/c1-2-39(24-16-10-9-15-23(24)33)30(42)26-27(41)32(34,43)31(44-26)40-19-38-25-28(36-18-37-29(25)40)35-17-22(20-11-5-3-6-12-20)21-13-7-4-8-14-21/h3-8,11-14,18-19,22-24,26-27,31,41,43H,2,9-10,15-17,33-34H2,1H3,(H,35,36,37)/t23?,24?,26-,27+,31+,32+/m0/s1. The van der Waals surface area contributed by atoms with Crippen molar-refractivity contribution in [1.82, 2.24) is 24.4 Å². The fourth-order valence-electron chi connectivity index (χ4n) is 6.59. The van der Waals surface area contributed by atoms with Crippen LogP contribution in [0.15, 0.2) is 73.3 Å². The van der Waals surface area contributed by atoms with Gasteiger partial charge in [-0.05, 0) is 30.9 Å². The van der Waals surface area contributed by atoms with Crippen LogP contribution in [-0.4, -0.2) is 83.6 Å². The van der Waals surface area contributed by atoms with Gasteiger partial charge in [-0.15, -0.1) is 0 Å². The number of rotatable bonds is 9. The number of aliphatic hydroxyl groups is 2. The number of carbonyl (C=O) groups excluding carboxylic acids is 1. The first-order valence-corrected chi connectivity index (χ1v) is 15.2. The Labute approximate surface area is 256 Å². The maximum atomic E-state index is 13.7. The molecule has 44 heavy (non-hydrogen) atoms. The number of anilines is 1. The maximum absolute atomic E-state index is 13.7. The van der Waals surface area contributed by atoms with Crippen LogP contribution in [0.3, 0.4) is 0 Å². The summed E-state index contributed by atoms with van der Waals surface area (Å²) in [7, 11) is 0. The highest BCUT2D eigenvalue weighted by molar-refractivity contribution is 5.84. The molecule has 1 saturated heterocycles. The molecule has 4 aromatic rings. The summed E-state index contributed by atoms with van der Waals surface area (Å²) >= 11 is 0. The molecular formula is C32H40N8O4. The SMILES string of the molecule is CCN(C(=O)[C@H]1O[C@@H](n2cnc3c(NCC(c4ccccc4)c4ccccc4)ncnc32)[C@](N)(O)[C@@H]1O)C1CCCCC1N. The summed E-state index contributed by atoms with van der Waals surface area (Å²) in [6, 6.07) is 20.1. The third-order valence-corrected chi connectivity index (χ3v) is 8.97. The second-order valence-corrected chi connectivity index (χ2v) is 11.7. The van der Waals surface area contributed by atoms with E-state index in [2.05, 4.69) is 44.5 Å². The minimum absolute atomic E-state index is 0.0394. The number of ether oxygens (including phenoxy) is 1. The molecule has 0 radical (unpaired) electrons. The predicted molar refractivity (Wildman–Crippen MR) is 165 cm³/mol. The number of likely N-dealkylation sites (N-methyl/N-ethyl adjacent to an activating group) is 1. The summed E-state index contributed by atoms with van der Waals surface area (Å²) in [6.45, 7) is 2.78. The molecule has 0 bridgehead atoms. The van der Waals surface area contributed by atoms with Crippen LogP contribution < -0.4 is 16.8 Å². The number of carbonyl (C=O) groups is 1. The number of aliphatic hydroxyl groups excluding tert-OH is 1. The smallest absolute Gasteiger partial charge is 0.255 e. The lowest BCUT2D eigenvalue weighted by Gasteiger charge is -2.39. The second-order valence-electron chi connectivity index (χ2n) is 11.7. The number of nitrogens with two attached hydrogens (primary N) is 2. The highest BCUT2D eigenvalue weighted by Gasteiger charge is 2.58. The van der Waals surface area contributed by atoms with Crippen LogP contribution in [0.5, 0.6) is 0 Å². The zero-order valence-corrected chi connectivity index (χ0v) is 24.7. The topological polar surface area (TPSA) is 178 Å². The lowest BCUT2D eigenvalue weighted by Crippen LogP contribution is -2.59. The van der Waals surface area contributed by atoms with E-state index in [1.54, 1.807) is 4.90 Å². The van der Waals surface area contributed by atoms with Gasteiger partial charge in [0, 0.05) is 31.1 Å². The molecule has 2 aromatic carbocycles. The Kier molecular flexibility index (Phi) is 8.61. The average molecular weight is 601 g/mol. The van der Waals surface area contributed by atoms with Gasteiger partial charge in [0.1, 0.15) is 12.4 Å². The fraction of sp³-hybridized carbons (Fsp3) is 0.438. The van der Waals surface area contributed by atoms with Crippen LogP contribution in [0.2, 0.25) is 0 Å². The quantitative estimate of drug-likeness (QED) is 0.179. The molecule has 0 spiro atoms. The summed E-state index contributed by atoms with van der Waals surface area (Å²) in [4.78, 5) is 28.7. The van der Waals surface area contributed by atoms with Crippen molar-refractivity contribution >= 4 is 22.9 Å². The Morgan fingerprint density at radius 2 is 1.75 bits per heavy atom. The van der Waals surface area contributed by atoms with E-state index in [4.69, 9.17) is 16.2 Å². The predicted octanol–water partition coefficient (Wildman–Crippen LogP) is 2.09. The number of benzene rings is 2. The molecule has 232 valence electrons. The van der Waals surface area contributed by atoms with Crippen LogP contribution in [0.1, 0.15) is 55.9 Å². The van der Waals surface area contributed by atoms with Crippen molar-refractivity contribution < 1.29 is 19.7 Å². The number of fused-ring (bicyclic) bond motifs is 1. The Balaban J connectivity index is 1.25. The monoisotopic (exact) mass is 600 g/mol. The molecule has 2 fully saturated rings. The summed E-state index contributed by atoms with van der Waals surface area (Å²) < 4.78 is 7.49. The molecule has 6 atom stereocenters. The van der Waals surface area contributed by atoms with Crippen LogP contribution in [0, 0.1) is 0 Å². The van der Waals surface area contributed by atoms with E-state index < -0.39 is 30.1 Å². The van der Waals surface area contributed by atoms with E-state index in [-0.39, 0.29) is 18.0 Å². The lowest BCUT2D eigenvalue weighted by molar-refractivity contribution is -0.152. The molecule has 1 amide bonds. The maximum Gasteiger partial charge on any atom is 0.255 e. The minimum Gasteiger partial charge on any atom is -0.385 e. The normalized spacial score (nSPS) is 27.1. The fourth-order valence-corrected chi connectivity index (χ4v) is 6.59. The molecule has 12 nitrogen and oxygen atoms in total. The highest BCUT2D eigenvalue weighted by atomic mass is 16.6. The van der Waals surface area contributed by atoms with E-state index >= 15 is 0 Å². The Morgan fingerprint density at radius 3 is 2.39 bits per heavy atom. The number of aromatic nitrogens is 4. The van der Waals surface area contributed by atoms with Crippen molar-refractivity contribution in [3.8, 4) is 0 Å². The van der Waals surface area contributed by atoms with Crippen molar-refractivity contribution in [2.75, 3.05) is 18.4 Å². The number of hydrogen-bond donors (Lipinski definition) is 5. The first-order chi connectivity index (χ1) is 21.3. The zero-order valence-electron chi connectivity index (χ0n) is 24.7. The molecule has 2 unspecified atom stereocenters. The van der Waals surface area contributed by atoms with Gasteiger partial charge in [0.25, 0.3) is 5.91 Å². The van der Waals surface area contributed by atoms with Gasteiger partial charge in [-0.2, -0.15) is 0 Å². The van der Waals surface area contributed by atoms with Crippen molar-refractivity contribution in [2.24, 2.45) is 11.5 Å². The highest BCUT2D eigenvalue weighted by Crippen LogP contribution is 2.38. The van der Waals surface area contributed by atoms with E-state index in [1.165, 1.54) is 17.2 Å². The molecule has 2 aromatic heterocycles. The summed E-state index contributed by atoms with van der Waals surface area (Å²) in [5.41, 5.74) is 13.4. The van der Waals surface area contributed by atoms with Crippen LogP contribution in [0.4, 0.5) is 5.82 Å². The number of imidazole rings is 1. The van der Waals surface area contributed by atoms with Gasteiger partial charge in [0.2, 0.25) is 0 Å². The molecule has 7 N–H and O–H groups in total. The number of amides is 1. The number of nitrogens with zero attached hydrogens (tertiary/aromatic N) is 5. The molecule has 3 heterocycles. The largest absolute Gasteiger partial charge is 0.385 e. The molecule has 12 heteroatoms. The van der Waals surface area contributed by atoms with E-state index in [0.717, 1.165) is 36.8 Å². The van der Waals surface area contributed by atoms with Crippen molar-refractivity contribution in [3.63, 3.8) is 0 Å². The van der Waals surface area contributed by atoms with Crippen molar-refractivity contribution in [1.29, 1.82) is 0 Å². The molecular weight excluding hydrogens is 560 g/mol. The molecule has 2 aliphatic rings. The Bertz CT molecular complexity index is 1530. The average Bonchev–Trinajstić information content (AvgIpc) is 3.57.